The molecule has 3 aliphatic heterocycles. The van der Waals surface area contributed by atoms with E-state index in [0.29, 0.717) is 38.0 Å². The molecule has 0 saturated carbocycles. The molecule has 3 amide bonds. The minimum atomic E-state index is -4.50. The Labute approximate surface area is 217 Å². The molecule has 0 bridgehead atoms. The number of para-hydroxylation sites is 1. The van der Waals surface area contributed by atoms with Crippen molar-refractivity contribution in [2.45, 2.75) is 43.8 Å². The summed E-state index contributed by atoms with van der Waals surface area (Å²) in [6.07, 6.45) is -3.73. The Morgan fingerprint density at radius 3 is 2.53 bits per heavy atom. The molecule has 3 aliphatic rings. The molecule has 1 aromatic carbocycles. The lowest BCUT2D eigenvalue weighted by molar-refractivity contribution is -0.196. The van der Waals surface area contributed by atoms with E-state index in [4.69, 9.17) is 5.11 Å². The zero-order valence-electron chi connectivity index (χ0n) is 21.1. The van der Waals surface area contributed by atoms with E-state index in [2.05, 4.69) is 15.3 Å². The highest BCUT2D eigenvalue weighted by Gasteiger charge is 2.47. The van der Waals surface area contributed by atoms with Gasteiger partial charge in [-0.25, -0.2) is 4.79 Å². The van der Waals surface area contributed by atoms with Gasteiger partial charge in [-0.3, -0.25) is 24.5 Å². The molecule has 206 valence electrons. The molecule has 3 fully saturated rings. The Morgan fingerprint density at radius 2 is 1.87 bits per heavy atom. The van der Waals surface area contributed by atoms with Crippen LogP contribution in [0.1, 0.15) is 37.3 Å². The van der Waals surface area contributed by atoms with E-state index in [1.165, 1.54) is 4.90 Å². The Kier molecular flexibility index (Phi) is 6.97. The number of halogens is 3. The van der Waals surface area contributed by atoms with E-state index in [9.17, 15) is 27.6 Å². The topological polar surface area (TPSA) is 111 Å². The first-order valence-electron chi connectivity index (χ1n) is 12.9. The number of amides is 3. The summed E-state index contributed by atoms with van der Waals surface area (Å²) in [4.78, 5) is 39.7. The van der Waals surface area contributed by atoms with Crippen LogP contribution in [0.4, 0.5) is 23.7 Å². The maximum absolute atomic E-state index is 13.7. The molecule has 2 aromatic rings. The minimum absolute atomic E-state index is 0.0636. The van der Waals surface area contributed by atoms with Crippen LogP contribution in [0.3, 0.4) is 0 Å². The van der Waals surface area contributed by atoms with E-state index in [-0.39, 0.29) is 43.8 Å². The van der Waals surface area contributed by atoms with Crippen molar-refractivity contribution in [3.63, 3.8) is 0 Å². The van der Waals surface area contributed by atoms with Crippen molar-refractivity contribution in [1.29, 1.82) is 0 Å². The van der Waals surface area contributed by atoms with Gasteiger partial charge in [-0.2, -0.15) is 18.3 Å². The molecule has 0 aliphatic carbocycles. The molecular formula is C25H31F3N6O4. The number of imide groups is 1. The van der Waals surface area contributed by atoms with Gasteiger partial charge in [-0.1, -0.05) is 12.1 Å². The van der Waals surface area contributed by atoms with Crippen LogP contribution in [0.15, 0.2) is 18.2 Å². The normalized spacial score (nSPS) is 24.2. The zero-order chi connectivity index (χ0) is 27.2. The number of nitrogens with one attached hydrogen (secondary N) is 1. The van der Waals surface area contributed by atoms with Crippen molar-refractivity contribution in [2.24, 2.45) is 13.0 Å². The number of carbonyl (C=O) groups is 3. The van der Waals surface area contributed by atoms with Crippen LogP contribution < -0.4 is 10.2 Å². The molecule has 38 heavy (non-hydrogen) atoms. The zero-order valence-corrected chi connectivity index (χ0v) is 21.1. The number of carboxylic acid groups (broad SMARTS) is 1. The number of benzene rings is 1. The van der Waals surface area contributed by atoms with Gasteiger partial charge in [0.05, 0.1) is 22.8 Å². The molecule has 10 nitrogen and oxygen atoms in total. The predicted octanol–water partition coefficient (Wildman–Crippen LogP) is 2.54. The number of alkyl halides is 3. The lowest BCUT2D eigenvalue weighted by Crippen LogP contribution is -2.61. The van der Waals surface area contributed by atoms with Crippen LogP contribution in [0, 0.1) is 5.92 Å². The van der Waals surface area contributed by atoms with Crippen LogP contribution in [0.2, 0.25) is 0 Å². The quantitative estimate of drug-likeness (QED) is 0.578. The first kappa shape index (κ1) is 26.3. The summed E-state index contributed by atoms with van der Waals surface area (Å²) in [7, 11) is 1.82. The summed E-state index contributed by atoms with van der Waals surface area (Å²) in [6.45, 7) is 1.17. The van der Waals surface area contributed by atoms with Gasteiger partial charge in [-0.15, -0.1) is 0 Å². The Balaban J connectivity index is 1.28. The van der Waals surface area contributed by atoms with Gasteiger partial charge in [0.25, 0.3) is 0 Å². The molecular weight excluding hydrogens is 505 g/mol. The third kappa shape index (κ3) is 5.03. The van der Waals surface area contributed by atoms with Crippen LogP contribution in [-0.2, 0) is 16.6 Å². The predicted molar refractivity (Wildman–Crippen MR) is 132 cm³/mol. The number of piperidine rings is 2. The number of nitrogens with zero attached hydrogens (tertiary/aromatic N) is 5. The van der Waals surface area contributed by atoms with Crippen molar-refractivity contribution >= 4 is 34.5 Å². The molecule has 1 aromatic heterocycles. The van der Waals surface area contributed by atoms with E-state index >= 15 is 0 Å². The van der Waals surface area contributed by atoms with Gasteiger partial charge < -0.3 is 14.9 Å². The summed E-state index contributed by atoms with van der Waals surface area (Å²) in [5, 5.41) is 17.0. The van der Waals surface area contributed by atoms with Gasteiger partial charge >= 0.3 is 12.3 Å². The van der Waals surface area contributed by atoms with Gasteiger partial charge in [0.2, 0.25) is 11.8 Å². The summed E-state index contributed by atoms with van der Waals surface area (Å²) in [5.74, 6) is -1.05. The van der Waals surface area contributed by atoms with Gasteiger partial charge in [-0.05, 0) is 31.2 Å². The molecule has 13 heteroatoms. The largest absolute Gasteiger partial charge is 0.465 e. The third-order valence-electron chi connectivity index (χ3n) is 8.03. The maximum atomic E-state index is 13.7. The number of anilines is 1. The molecule has 1 unspecified atom stereocenters. The second-order valence-electron chi connectivity index (χ2n) is 10.4. The fourth-order valence-electron chi connectivity index (χ4n) is 6.02. The number of aromatic nitrogens is 2. The Morgan fingerprint density at radius 1 is 1.13 bits per heavy atom. The average molecular weight is 537 g/mol. The number of hydrogen-bond donors (Lipinski definition) is 2. The first-order valence-corrected chi connectivity index (χ1v) is 12.9. The van der Waals surface area contributed by atoms with E-state index < -0.39 is 30.8 Å². The van der Waals surface area contributed by atoms with Crippen molar-refractivity contribution in [3.05, 3.63) is 23.9 Å². The summed E-state index contributed by atoms with van der Waals surface area (Å²) in [5.41, 5.74) is 2.48. The molecule has 5 rings (SSSR count). The molecule has 3 saturated heterocycles. The summed E-state index contributed by atoms with van der Waals surface area (Å²) >= 11 is 0. The van der Waals surface area contributed by atoms with E-state index in [0.717, 1.165) is 21.5 Å². The average Bonchev–Trinajstić information content (AvgIpc) is 3.20. The molecule has 0 spiro atoms. The molecule has 4 heterocycles. The fourth-order valence-corrected chi connectivity index (χ4v) is 6.02. The minimum Gasteiger partial charge on any atom is -0.465 e. The lowest BCUT2D eigenvalue weighted by Gasteiger charge is -2.43. The number of hydrogen-bond acceptors (Lipinski definition) is 6. The molecule has 0 radical (unpaired) electrons. The first-order chi connectivity index (χ1) is 18.0. The number of fused-ring (bicyclic) bond motifs is 1. The SMILES string of the molecule is Cn1nc(C2CCC(=O)NC2=O)c2cccc(N3CCC(CN4CCN(C(=O)O)C[C@H]4C(F)(F)F)CC3)c21. The summed E-state index contributed by atoms with van der Waals surface area (Å²) in [6, 6.07) is 4.03. The maximum Gasteiger partial charge on any atom is 0.407 e. The van der Waals surface area contributed by atoms with Crippen LogP contribution in [0.5, 0.6) is 0 Å². The van der Waals surface area contributed by atoms with E-state index in [1.807, 2.05) is 25.2 Å². The van der Waals surface area contributed by atoms with Crippen molar-refractivity contribution in [1.82, 2.24) is 24.9 Å². The Hall–Kier alpha value is -3.35. The number of rotatable bonds is 4. The molecule has 2 atom stereocenters. The van der Waals surface area contributed by atoms with Gasteiger partial charge in [0, 0.05) is 58.1 Å². The van der Waals surface area contributed by atoms with Crippen molar-refractivity contribution in [3.8, 4) is 0 Å². The number of carbonyl (C=O) groups excluding carboxylic acids is 2. The van der Waals surface area contributed by atoms with Crippen molar-refractivity contribution < 1.29 is 32.7 Å². The molecule has 2 N–H and O–H groups in total. The highest BCUT2D eigenvalue weighted by Crippen LogP contribution is 2.36. The van der Waals surface area contributed by atoms with Crippen LogP contribution in [0.25, 0.3) is 10.9 Å². The number of piperazine rings is 1. The summed E-state index contributed by atoms with van der Waals surface area (Å²) < 4.78 is 42.9. The van der Waals surface area contributed by atoms with Crippen LogP contribution >= 0.6 is 0 Å². The fraction of sp³-hybridized carbons (Fsp3) is 0.600. The second-order valence-corrected chi connectivity index (χ2v) is 10.4. The third-order valence-corrected chi connectivity index (χ3v) is 8.03. The van der Waals surface area contributed by atoms with Gasteiger partial charge in [0.1, 0.15) is 6.04 Å². The smallest absolute Gasteiger partial charge is 0.407 e. The van der Waals surface area contributed by atoms with Gasteiger partial charge in [0.15, 0.2) is 0 Å². The van der Waals surface area contributed by atoms with Crippen molar-refractivity contribution in [2.75, 3.05) is 44.2 Å². The lowest BCUT2D eigenvalue weighted by atomic mass is 9.92. The highest BCUT2D eigenvalue weighted by molar-refractivity contribution is 6.03. The standard InChI is InChI=1S/C25H31F3N6O4/c1-31-22-16(21(30-31)17-5-6-20(35)29-23(17)36)3-2-4-18(22)32-9-7-15(8-10-32)13-33-11-12-34(24(37)38)14-19(33)25(26,27)28/h2-4,15,17,19H,5-14H2,1H3,(H,37,38)(H,29,35,36)/t17?,19-/m0/s1. The number of aryl methyl sites for hydroxylation is 1. The van der Waals surface area contributed by atoms with Crippen LogP contribution in [-0.4, -0.2) is 94.1 Å². The van der Waals surface area contributed by atoms with E-state index in [1.54, 1.807) is 4.68 Å². The second kappa shape index (κ2) is 10.1. The highest BCUT2D eigenvalue weighted by atomic mass is 19.4. The Bertz CT molecular complexity index is 1240. The monoisotopic (exact) mass is 536 g/mol.